The summed E-state index contributed by atoms with van der Waals surface area (Å²) >= 11 is 1.55. The van der Waals surface area contributed by atoms with Crippen LogP contribution < -0.4 is 5.84 Å². The molecular weight excluding hydrogens is 330 g/mol. The zero-order valence-electron chi connectivity index (χ0n) is 14.4. The molecule has 130 valence electrons. The standard InChI is InChI=1S/C20H23N3OS/c1-2-22-8-5-14(6-9-22)18-12-23(21)19-4-3-15(11-17(18)19)20(24)16-7-10-25-13-16/h3-4,7,10-14H,2,5-6,8-9,21H2,1H3. The highest BCUT2D eigenvalue weighted by molar-refractivity contribution is 7.08. The summed E-state index contributed by atoms with van der Waals surface area (Å²) in [6.45, 7) is 5.59. The SMILES string of the molecule is CCN1CCC(c2cn(N)c3ccc(C(=O)c4ccsc4)cc23)CC1. The average Bonchev–Trinajstić information content (AvgIpc) is 3.29. The van der Waals surface area contributed by atoms with Crippen molar-refractivity contribution in [1.29, 1.82) is 0 Å². The van der Waals surface area contributed by atoms with E-state index in [1.807, 2.05) is 35.0 Å². The largest absolute Gasteiger partial charge is 0.339 e. The fourth-order valence-corrected chi connectivity index (χ4v) is 4.50. The second kappa shape index (κ2) is 6.65. The molecule has 25 heavy (non-hydrogen) atoms. The number of aromatic nitrogens is 1. The van der Waals surface area contributed by atoms with Gasteiger partial charge in [0.1, 0.15) is 0 Å². The molecule has 3 aromatic rings. The Hall–Kier alpha value is -2.11. The van der Waals surface area contributed by atoms with E-state index < -0.39 is 0 Å². The molecule has 1 fully saturated rings. The smallest absolute Gasteiger partial charge is 0.193 e. The lowest BCUT2D eigenvalue weighted by atomic mass is 9.88. The van der Waals surface area contributed by atoms with E-state index in [1.165, 1.54) is 5.56 Å². The number of thiophene rings is 1. The Labute approximate surface area is 151 Å². The summed E-state index contributed by atoms with van der Waals surface area (Å²) in [5.74, 6) is 6.78. The Bertz CT molecular complexity index is 889. The van der Waals surface area contributed by atoms with E-state index in [2.05, 4.69) is 18.0 Å². The molecule has 3 heterocycles. The third kappa shape index (κ3) is 2.98. The van der Waals surface area contributed by atoms with Gasteiger partial charge in [-0.25, -0.2) is 0 Å². The van der Waals surface area contributed by atoms with E-state index in [-0.39, 0.29) is 5.78 Å². The van der Waals surface area contributed by atoms with Crippen molar-refractivity contribution < 1.29 is 4.79 Å². The first-order valence-corrected chi connectivity index (χ1v) is 9.81. The van der Waals surface area contributed by atoms with Crippen LogP contribution in [0.5, 0.6) is 0 Å². The van der Waals surface area contributed by atoms with Crippen LogP contribution in [0.25, 0.3) is 10.9 Å². The van der Waals surface area contributed by atoms with Gasteiger partial charge in [0.25, 0.3) is 0 Å². The second-order valence-corrected chi connectivity index (χ2v) is 7.55. The zero-order chi connectivity index (χ0) is 17.4. The molecule has 0 amide bonds. The maximum Gasteiger partial charge on any atom is 0.193 e. The Morgan fingerprint density at radius 3 is 2.72 bits per heavy atom. The molecule has 2 N–H and O–H groups in total. The Morgan fingerprint density at radius 2 is 2.04 bits per heavy atom. The predicted octanol–water partition coefficient (Wildman–Crippen LogP) is 3.85. The van der Waals surface area contributed by atoms with E-state index in [4.69, 9.17) is 5.84 Å². The minimum atomic E-state index is 0.0830. The molecular formula is C20H23N3OS. The number of nitrogens with zero attached hydrogens (tertiary/aromatic N) is 2. The number of piperidine rings is 1. The number of fused-ring (bicyclic) bond motifs is 1. The van der Waals surface area contributed by atoms with Gasteiger partial charge in [-0.05, 0) is 73.6 Å². The normalized spacial score (nSPS) is 16.5. The summed E-state index contributed by atoms with van der Waals surface area (Å²) in [5, 5.41) is 4.97. The molecule has 1 aliphatic heterocycles. The van der Waals surface area contributed by atoms with Crippen molar-refractivity contribution in [2.45, 2.75) is 25.7 Å². The minimum absolute atomic E-state index is 0.0830. The summed E-state index contributed by atoms with van der Waals surface area (Å²) < 4.78 is 1.70. The fraction of sp³-hybridized carbons (Fsp3) is 0.350. The number of likely N-dealkylation sites (tertiary alicyclic amines) is 1. The van der Waals surface area contributed by atoms with E-state index in [9.17, 15) is 4.79 Å². The van der Waals surface area contributed by atoms with Crippen LogP contribution in [-0.4, -0.2) is 35.0 Å². The van der Waals surface area contributed by atoms with Gasteiger partial charge in [0, 0.05) is 28.1 Å². The van der Waals surface area contributed by atoms with Crippen molar-refractivity contribution in [3.63, 3.8) is 0 Å². The first-order valence-electron chi connectivity index (χ1n) is 8.86. The highest BCUT2D eigenvalue weighted by Gasteiger charge is 2.23. The number of hydrogen-bond donors (Lipinski definition) is 1. The number of carbonyl (C=O) groups excluding carboxylic acids is 1. The molecule has 0 unspecified atom stereocenters. The molecule has 4 nitrogen and oxygen atoms in total. The van der Waals surface area contributed by atoms with Crippen LogP contribution in [0.15, 0.2) is 41.2 Å². The number of ketones is 1. The Balaban J connectivity index is 1.70. The third-order valence-corrected chi connectivity index (χ3v) is 6.07. The molecule has 0 saturated carbocycles. The van der Waals surface area contributed by atoms with Crippen LogP contribution in [0, 0.1) is 0 Å². The summed E-state index contributed by atoms with van der Waals surface area (Å²) in [6.07, 6.45) is 4.35. The van der Waals surface area contributed by atoms with Crippen LogP contribution in [0.4, 0.5) is 0 Å². The first kappa shape index (κ1) is 16.4. The molecule has 2 aromatic heterocycles. The number of benzene rings is 1. The quantitative estimate of drug-likeness (QED) is 0.573. The zero-order valence-corrected chi connectivity index (χ0v) is 15.3. The van der Waals surface area contributed by atoms with Gasteiger partial charge in [-0.3, -0.25) is 9.47 Å². The number of rotatable bonds is 4. The van der Waals surface area contributed by atoms with Crippen LogP contribution in [0.2, 0.25) is 0 Å². The third-order valence-electron chi connectivity index (χ3n) is 5.38. The van der Waals surface area contributed by atoms with Gasteiger partial charge >= 0.3 is 0 Å². The molecule has 4 rings (SSSR count). The number of nitrogens with two attached hydrogens (primary N) is 1. The molecule has 1 aromatic carbocycles. The van der Waals surface area contributed by atoms with Crippen LogP contribution >= 0.6 is 11.3 Å². The monoisotopic (exact) mass is 353 g/mol. The minimum Gasteiger partial charge on any atom is -0.339 e. The molecule has 0 bridgehead atoms. The van der Waals surface area contributed by atoms with E-state index in [0.717, 1.165) is 54.5 Å². The lowest BCUT2D eigenvalue weighted by molar-refractivity contribution is 0.103. The van der Waals surface area contributed by atoms with Gasteiger partial charge in [-0.2, -0.15) is 11.3 Å². The lowest BCUT2D eigenvalue weighted by Crippen LogP contribution is -2.32. The van der Waals surface area contributed by atoms with Crippen LogP contribution in [0.1, 0.15) is 47.2 Å². The highest BCUT2D eigenvalue weighted by atomic mass is 32.1. The van der Waals surface area contributed by atoms with Crippen molar-refractivity contribution in [3.05, 3.63) is 57.9 Å². The van der Waals surface area contributed by atoms with Gasteiger partial charge in [0.05, 0.1) is 5.52 Å². The summed E-state index contributed by atoms with van der Waals surface area (Å²) in [6, 6.07) is 7.77. The summed E-state index contributed by atoms with van der Waals surface area (Å²) in [7, 11) is 0. The molecule has 1 aliphatic rings. The van der Waals surface area contributed by atoms with Gasteiger partial charge in [-0.1, -0.05) is 6.92 Å². The predicted molar refractivity (Wildman–Crippen MR) is 104 cm³/mol. The van der Waals surface area contributed by atoms with E-state index in [1.54, 1.807) is 16.0 Å². The van der Waals surface area contributed by atoms with Crippen LogP contribution in [-0.2, 0) is 0 Å². The van der Waals surface area contributed by atoms with Crippen molar-refractivity contribution in [1.82, 2.24) is 9.58 Å². The number of hydrogen-bond acceptors (Lipinski definition) is 4. The van der Waals surface area contributed by atoms with Crippen LogP contribution in [0.3, 0.4) is 0 Å². The maximum absolute atomic E-state index is 12.7. The Morgan fingerprint density at radius 1 is 1.24 bits per heavy atom. The van der Waals surface area contributed by atoms with Crippen molar-refractivity contribution >= 4 is 28.0 Å². The van der Waals surface area contributed by atoms with Gasteiger partial charge in [0.15, 0.2) is 5.78 Å². The second-order valence-electron chi connectivity index (χ2n) is 6.77. The molecule has 0 aliphatic carbocycles. The van der Waals surface area contributed by atoms with Gasteiger partial charge in [-0.15, -0.1) is 0 Å². The molecule has 0 radical (unpaired) electrons. The number of carbonyl (C=O) groups is 1. The van der Waals surface area contributed by atoms with E-state index in [0.29, 0.717) is 5.92 Å². The molecule has 0 spiro atoms. The molecule has 0 atom stereocenters. The highest BCUT2D eigenvalue weighted by Crippen LogP contribution is 2.34. The first-order chi connectivity index (χ1) is 12.2. The lowest BCUT2D eigenvalue weighted by Gasteiger charge is -2.30. The molecule has 1 saturated heterocycles. The van der Waals surface area contributed by atoms with Crippen molar-refractivity contribution in [3.8, 4) is 0 Å². The summed E-state index contributed by atoms with van der Waals surface area (Å²) in [5.41, 5.74) is 3.78. The molecule has 5 heteroatoms. The Kier molecular flexibility index (Phi) is 4.36. The van der Waals surface area contributed by atoms with Gasteiger partial charge < -0.3 is 10.7 Å². The van der Waals surface area contributed by atoms with Crippen molar-refractivity contribution in [2.24, 2.45) is 0 Å². The fourth-order valence-electron chi connectivity index (χ4n) is 3.87. The van der Waals surface area contributed by atoms with E-state index >= 15 is 0 Å². The van der Waals surface area contributed by atoms with Crippen molar-refractivity contribution in [2.75, 3.05) is 25.5 Å². The van der Waals surface area contributed by atoms with Gasteiger partial charge in [0.2, 0.25) is 0 Å². The summed E-state index contributed by atoms with van der Waals surface area (Å²) in [4.78, 5) is 15.2. The average molecular weight is 353 g/mol. The maximum atomic E-state index is 12.7. The topological polar surface area (TPSA) is 51.3 Å². The number of nitrogen functional groups attached to an aromatic ring is 1.